The Balaban J connectivity index is 0.00000392. The summed E-state index contributed by atoms with van der Waals surface area (Å²) >= 11 is 0. The van der Waals surface area contributed by atoms with Crippen molar-refractivity contribution in [2.24, 2.45) is 4.99 Å². The predicted octanol–water partition coefficient (Wildman–Crippen LogP) is 3.85. The highest BCUT2D eigenvalue weighted by molar-refractivity contribution is 14.0. The third-order valence-corrected chi connectivity index (χ3v) is 3.72. The van der Waals surface area contributed by atoms with Crippen LogP contribution in [0.2, 0.25) is 0 Å². The number of aromatic nitrogens is 1. The summed E-state index contributed by atoms with van der Waals surface area (Å²) < 4.78 is 46.3. The molecule has 1 aromatic carbocycles. The number of ether oxygens (including phenoxy) is 1. The summed E-state index contributed by atoms with van der Waals surface area (Å²) in [4.78, 5) is 8.42. The number of aryl methyl sites for hydroxylation is 2. The number of hydrogen-bond acceptors (Lipinski definition) is 4. The Hall–Kier alpha value is -1.82. The van der Waals surface area contributed by atoms with Crippen LogP contribution in [-0.2, 0) is 24.4 Å². The number of aliphatic imine (C=N–C) groups is 1. The summed E-state index contributed by atoms with van der Waals surface area (Å²) in [6, 6.07) is 7.13. The number of nitrogens with zero attached hydrogens (tertiary/aromatic N) is 2. The van der Waals surface area contributed by atoms with Crippen LogP contribution < -0.4 is 10.6 Å². The van der Waals surface area contributed by atoms with Crippen molar-refractivity contribution in [3.8, 4) is 0 Å². The van der Waals surface area contributed by atoms with E-state index in [1.54, 1.807) is 19.2 Å². The maximum absolute atomic E-state index is 12.1. The maximum atomic E-state index is 12.1. The van der Waals surface area contributed by atoms with Gasteiger partial charge in [0.05, 0.1) is 18.8 Å². The van der Waals surface area contributed by atoms with E-state index in [1.807, 2.05) is 26.0 Å². The van der Waals surface area contributed by atoms with Crippen LogP contribution in [0.1, 0.15) is 28.5 Å². The Bertz CT molecular complexity index is 742. The molecule has 2 rings (SSSR count). The first-order valence-electron chi connectivity index (χ1n) is 8.36. The van der Waals surface area contributed by atoms with Crippen molar-refractivity contribution in [2.75, 3.05) is 13.7 Å². The van der Waals surface area contributed by atoms with E-state index in [2.05, 4.69) is 25.3 Å². The lowest BCUT2D eigenvalue weighted by Crippen LogP contribution is -2.36. The zero-order valence-electron chi connectivity index (χ0n) is 15.9. The van der Waals surface area contributed by atoms with Crippen LogP contribution in [0, 0.1) is 13.8 Å². The molecule has 2 aromatic rings. The quantitative estimate of drug-likeness (QED) is 0.335. The predicted molar refractivity (Wildman–Crippen MR) is 111 cm³/mol. The van der Waals surface area contributed by atoms with Gasteiger partial charge in [-0.05, 0) is 25.0 Å². The Morgan fingerprint density at radius 3 is 2.25 bits per heavy atom. The van der Waals surface area contributed by atoms with Crippen LogP contribution in [0.25, 0.3) is 0 Å². The van der Waals surface area contributed by atoms with Crippen molar-refractivity contribution in [3.05, 3.63) is 52.7 Å². The van der Waals surface area contributed by atoms with Gasteiger partial charge >= 0.3 is 6.18 Å². The number of alkyl halides is 3. The molecule has 28 heavy (non-hydrogen) atoms. The van der Waals surface area contributed by atoms with E-state index in [1.165, 1.54) is 0 Å². The van der Waals surface area contributed by atoms with Crippen LogP contribution in [0.5, 0.6) is 0 Å². The minimum Gasteiger partial charge on any atom is -0.444 e. The summed E-state index contributed by atoms with van der Waals surface area (Å²) in [5.41, 5.74) is 2.49. The van der Waals surface area contributed by atoms with E-state index in [9.17, 15) is 13.2 Å². The van der Waals surface area contributed by atoms with Gasteiger partial charge in [-0.1, -0.05) is 24.3 Å². The van der Waals surface area contributed by atoms with Crippen molar-refractivity contribution < 1.29 is 22.3 Å². The van der Waals surface area contributed by atoms with Gasteiger partial charge in [0.2, 0.25) is 5.89 Å². The summed E-state index contributed by atoms with van der Waals surface area (Å²) in [5.74, 6) is 1.95. The van der Waals surface area contributed by atoms with Gasteiger partial charge in [-0.15, -0.1) is 24.0 Å². The average Bonchev–Trinajstić information content (AvgIpc) is 2.93. The smallest absolute Gasteiger partial charge is 0.411 e. The monoisotopic (exact) mass is 512 g/mol. The number of benzene rings is 1. The first-order chi connectivity index (χ1) is 12.8. The maximum Gasteiger partial charge on any atom is 0.411 e. The van der Waals surface area contributed by atoms with Gasteiger partial charge in [0, 0.05) is 13.6 Å². The number of oxazole rings is 1. The molecule has 0 saturated heterocycles. The van der Waals surface area contributed by atoms with E-state index in [-0.39, 0.29) is 30.6 Å². The van der Waals surface area contributed by atoms with Gasteiger partial charge < -0.3 is 19.8 Å². The Morgan fingerprint density at radius 1 is 1.11 bits per heavy atom. The van der Waals surface area contributed by atoms with Crippen molar-refractivity contribution in [1.29, 1.82) is 0 Å². The largest absolute Gasteiger partial charge is 0.444 e. The Morgan fingerprint density at radius 2 is 1.71 bits per heavy atom. The molecule has 0 amide bonds. The number of halogens is 4. The Labute approximate surface area is 179 Å². The second kappa shape index (κ2) is 11.2. The van der Waals surface area contributed by atoms with Crippen LogP contribution >= 0.6 is 24.0 Å². The van der Waals surface area contributed by atoms with Crippen LogP contribution in [0.15, 0.2) is 33.7 Å². The lowest BCUT2D eigenvalue weighted by molar-refractivity contribution is -0.176. The highest BCUT2D eigenvalue weighted by atomic mass is 127. The fraction of sp³-hybridized carbons (Fsp3) is 0.444. The van der Waals surface area contributed by atoms with E-state index < -0.39 is 12.8 Å². The standard InChI is InChI=1S/C18H23F3N4O2.HI/c1-12-13(2)27-16(25-12)9-24-17(22-3)23-8-14-4-6-15(7-5-14)10-26-11-18(19,20)21;/h4-7H,8-11H2,1-3H3,(H2,22,23,24);1H. The summed E-state index contributed by atoms with van der Waals surface area (Å²) in [6.07, 6.45) is -4.31. The van der Waals surface area contributed by atoms with Crippen LogP contribution in [0.3, 0.4) is 0 Å². The SMILES string of the molecule is CN=C(NCc1ccc(COCC(F)(F)F)cc1)NCc1nc(C)c(C)o1.I. The normalized spacial score (nSPS) is 11.9. The van der Waals surface area contributed by atoms with Crippen molar-refractivity contribution >= 4 is 29.9 Å². The third-order valence-electron chi connectivity index (χ3n) is 3.72. The molecular formula is C18H24F3IN4O2. The van der Waals surface area contributed by atoms with E-state index in [0.29, 0.717) is 30.5 Å². The molecule has 0 spiro atoms. The van der Waals surface area contributed by atoms with Crippen molar-refractivity contribution in [3.63, 3.8) is 0 Å². The summed E-state index contributed by atoms with van der Waals surface area (Å²) in [5, 5.41) is 6.26. The fourth-order valence-electron chi connectivity index (χ4n) is 2.22. The molecule has 0 radical (unpaired) electrons. The Kier molecular flexibility index (Phi) is 9.73. The lowest BCUT2D eigenvalue weighted by atomic mass is 10.1. The molecular weight excluding hydrogens is 488 g/mol. The molecule has 0 aliphatic carbocycles. The molecule has 1 heterocycles. The third kappa shape index (κ3) is 8.46. The van der Waals surface area contributed by atoms with Crippen molar-refractivity contribution in [1.82, 2.24) is 15.6 Å². The number of hydrogen-bond donors (Lipinski definition) is 2. The summed E-state index contributed by atoms with van der Waals surface area (Å²) in [7, 11) is 1.66. The van der Waals surface area contributed by atoms with Gasteiger partial charge in [0.25, 0.3) is 0 Å². The zero-order valence-corrected chi connectivity index (χ0v) is 18.2. The van der Waals surface area contributed by atoms with Crippen molar-refractivity contribution in [2.45, 2.75) is 39.7 Å². The van der Waals surface area contributed by atoms with Crippen LogP contribution in [-0.4, -0.2) is 30.8 Å². The molecule has 10 heteroatoms. The number of nitrogens with one attached hydrogen (secondary N) is 2. The number of rotatable bonds is 7. The highest BCUT2D eigenvalue weighted by Gasteiger charge is 2.27. The lowest BCUT2D eigenvalue weighted by Gasteiger charge is -2.11. The van der Waals surface area contributed by atoms with Gasteiger partial charge in [-0.25, -0.2) is 4.98 Å². The topological polar surface area (TPSA) is 71.7 Å². The van der Waals surface area contributed by atoms with Gasteiger partial charge in [0.1, 0.15) is 12.4 Å². The molecule has 0 aliphatic heterocycles. The molecule has 0 saturated carbocycles. The zero-order chi connectivity index (χ0) is 19.9. The highest BCUT2D eigenvalue weighted by Crippen LogP contribution is 2.15. The van der Waals surface area contributed by atoms with Gasteiger partial charge in [0.15, 0.2) is 5.96 Å². The molecule has 0 unspecified atom stereocenters. The minimum atomic E-state index is -4.31. The molecule has 0 atom stereocenters. The number of guanidine groups is 1. The molecule has 6 nitrogen and oxygen atoms in total. The first kappa shape index (κ1) is 24.2. The van der Waals surface area contributed by atoms with Gasteiger partial charge in [-0.3, -0.25) is 4.99 Å². The van der Waals surface area contributed by atoms with E-state index in [4.69, 9.17) is 4.42 Å². The van der Waals surface area contributed by atoms with E-state index >= 15 is 0 Å². The molecule has 2 N–H and O–H groups in total. The summed E-state index contributed by atoms with van der Waals surface area (Å²) in [6.45, 7) is 3.33. The fourth-order valence-corrected chi connectivity index (χ4v) is 2.22. The second-order valence-corrected chi connectivity index (χ2v) is 5.95. The molecule has 1 aromatic heterocycles. The second-order valence-electron chi connectivity index (χ2n) is 5.95. The minimum absolute atomic E-state index is 0. The molecule has 0 fully saturated rings. The average molecular weight is 512 g/mol. The van der Waals surface area contributed by atoms with Gasteiger partial charge in [-0.2, -0.15) is 13.2 Å². The molecule has 0 bridgehead atoms. The molecule has 0 aliphatic rings. The first-order valence-corrected chi connectivity index (χ1v) is 8.36. The van der Waals surface area contributed by atoms with E-state index in [0.717, 1.165) is 17.0 Å². The molecule has 156 valence electrons. The van der Waals surface area contributed by atoms with Crippen LogP contribution in [0.4, 0.5) is 13.2 Å².